The van der Waals surface area contributed by atoms with Crippen LogP contribution in [-0.4, -0.2) is 50.8 Å². The van der Waals surface area contributed by atoms with Crippen LogP contribution in [0.5, 0.6) is 0 Å². The molecule has 2 rings (SSSR count). The first-order chi connectivity index (χ1) is 9.72. The summed E-state index contributed by atoms with van der Waals surface area (Å²) in [5.41, 5.74) is 0. The number of imidazole rings is 1. The largest absolute Gasteiger partial charge is 0.380 e. The molecule has 1 atom stereocenters. The van der Waals surface area contributed by atoms with Crippen molar-refractivity contribution in [2.45, 2.75) is 20.0 Å². The smallest absolute Gasteiger partial charge is 0.241 e. The monoisotopic (exact) mass is 277 g/mol. The zero-order valence-corrected chi connectivity index (χ0v) is 11.9. The SMILES string of the molecule is CCNc1nc(NCC(C)OC)nc(-n2ccnc2)n1. The van der Waals surface area contributed by atoms with Gasteiger partial charge in [-0.3, -0.25) is 4.57 Å². The number of ether oxygens (including phenoxy) is 1. The minimum Gasteiger partial charge on any atom is -0.380 e. The summed E-state index contributed by atoms with van der Waals surface area (Å²) in [6, 6.07) is 0. The third-order valence-corrected chi connectivity index (χ3v) is 2.64. The maximum Gasteiger partial charge on any atom is 0.241 e. The fourth-order valence-electron chi connectivity index (χ4n) is 1.49. The number of rotatable bonds is 7. The van der Waals surface area contributed by atoms with Crippen LogP contribution in [0.1, 0.15) is 13.8 Å². The van der Waals surface area contributed by atoms with E-state index in [0.29, 0.717) is 24.4 Å². The van der Waals surface area contributed by atoms with Crippen LogP contribution in [-0.2, 0) is 4.74 Å². The molecule has 2 N–H and O–H groups in total. The zero-order chi connectivity index (χ0) is 14.4. The van der Waals surface area contributed by atoms with Crippen LogP contribution in [0.4, 0.5) is 11.9 Å². The van der Waals surface area contributed by atoms with E-state index in [1.54, 1.807) is 30.4 Å². The quantitative estimate of drug-likeness (QED) is 0.778. The van der Waals surface area contributed by atoms with Crippen molar-refractivity contribution in [1.82, 2.24) is 24.5 Å². The number of nitrogens with one attached hydrogen (secondary N) is 2. The number of anilines is 2. The highest BCUT2D eigenvalue weighted by molar-refractivity contribution is 5.37. The molecular weight excluding hydrogens is 258 g/mol. The molecule has 2 heterocycles. The number of hydrogen-bond acceptors (Lipinski definition) is 7. The lowest BCUT2D eigenvalue weighted by Gasteiger charge is -2.12. The Morgan fingerprint density at radius 2 is 2.00 bits per heavy atom. The Balaban J connectivity index is 2.22. The highest BCUT2D eigenvalue weighted by Crippen LogP contribution is 2.09. The third kappa shape index (κ3) is 3.64. The zero-order valence-electron chi connectivity index (χ0n) is 11.9. The Bertz CT molecular complexity index is 529. The second-order valence-corrected chi connectivity index (χ2v) is 4.21. The highest BCUT2D eigenvalue weighted by Gasteiger charge is 2.08. The molecule has 1 unspecified atom stereocenters. The fourth-order valence-corrected chi connectivity index (χ4v) is 1.49. The lowest BCUT2D eigenvalue weighted by Crippen LogP contribution is -2.20. The van der Waals surface area contributed by atoms with Crippen molar-refractivity contribution < 1.29 is 4.74 Å². The van der Waals surface area contributed by atoms with E-state index in [0.717, 1.165) is 6.54 Å². The molecule has 0 aliphatic heterocycles. The van der Waals surface area contributed by atoms with Gasteiger partial charge < -0.3 is 15.4 Å². The summed E-state index contributed by atoms with van der Waals surface area (Å²) >= 11 is 0. The van der Waals surface area contributed by atoms with E-state index >= 15 is 0 Å². The Morgan fingerprint density at radius 1 is 1.25 bits per heavy atom. The van der Waals surface area contributed by atoms with Gasteiger partial charge in [-0.1, -0.05) is 0 Å². The topological polar surface area (TPSA) is 89.8 Å². The molecule has 0 radical (unpaired) electrons. The molecule has 0 fully saturated rings. The predicted octanol–water partition coefficient (Wildman–Crippen LogP) is 0.936. The second kappa shape index (κ2) is 6.80. The molecular formula is C12H19N7O. The summed E-state index contributed by atoms with van der Waals surface area (Å²) in [6.07, 6.45) is 5.18. The molecule has 0 saturated heterocycles. The van der Waals surface area contributed by atoms with Gasteiger partial charge in [0.2, 0.25) is 17.8 Å². The number of methoxy groups -OCH3 is 1. The summed E-state index contributed by atoms with van der Waals surface area (Å²) in [4.78, 5) is 17.0. The first kappa shape index (κ1) is 14.2. The molecule has 0 spiro atoms. The van der Waals surface area contributed by atoms with E-state index in [-0.39, 0.29) is 6.10 Å². The predicted molar refractivity (Wildman–Crippen MR) is 76.1 cm³/mol. The van der Waals surface area contributed by atoms with E-state index in [4.69, 9.17) is 4.74 Å². The minimum absolute atomic E-state index is 0.0750. The second-order valence-electron chi connectivity index (χ2n) is 4.21. The molecule has 0 bridgehead atoms. The fraction of sp³-hybridized carbons (Fsp3) is 0.500. The van der Waals surface area contributed by atoms with Gasteiger partial charge in [-0.2, -0.15) is 15.0 Å². The Hall–Kier alpha value is -2.22. The summed E-state index contributed by atoms with van der Waals surface area (Å²) < 4.78 is 6.92. The van der Waals surface area contributed by atoms with Gasteiger partial charge >= 0.3 is 0 Å². The van der Waals surface area contributed by atoms with Crippen LogP contribution < -0.4 is 10.6 Å². The Morgan fingerprint density at radius 3 is 2.60 bits per heavy atom. The molecule has 0 saturated carbocycles. The van der Waals surface area contributed by atoms with Gasteiger partial charge in [-0.05, 0) is 13.8 Å². The number of hydrogen-bond donors (Lipinski definition) is 2. The van der Waals surface area contributed by atoms with Crippen molar-refractivity contribution in [2.24, 2.45) is 0 Å². The number of aromatic nitrogens is 5. The van der Waals surface area contributed by atoms with E-state index in [1.165, 1.54) is 0 Å². The summed E-state index contributed by atoms with van der Waals surface area (Å²) in [5.74, 6) is 1.54. The molecule has 0 aromatic carbocycles. The van der Waals surface area contributed by atoms with Gasteiger partial charge in [0.05, 0.1) is 6.10 Å². The van der Waals surface area contributed by atoms with Gasteiger partial charge in [-0.25, -0.2) is 4.98 Å². The van der Waals surface area contributed by atoms with E-state index in [2.05, 4.69) is 30.6 Å². The third-order valence-electron chi connectivity index (χ3n) is 2.64. The maximum atomic E-state index is 5.19. The minimum atomic E-state index is 0.0750. The average molecular weight is 277 g/mol. The van der Waals surface area contributed by atoms with Crippen LogP contribution in [0, 0.1) is 0 Å². The Kier molecular flexibility index (Phi) is 4.83. The molecule has 2 aromatic heterocycles. The van der Waals surface area contributed by atoms with Crippen molar-refractivity contribution in [3.63, 3.8) is 0 Å². The highest BCUT2D eigenvalue weighted by atomic mass is 16.5. The molecule has 2 aromatic rings. The van der Waals surface area contributed by atoms with Crippen LogP contribution in [0.3, 0.4) is 0 Å². The normalized spacial score (nSPS) is 12.2. The van der Waals surface area contributed by atoms with E-state index < -0.39 is 0 Å². The summed E-state index contributed by atoms with van der Waals surface area (Å²) in [5, 5.41) is 6.22. The maximum absolute atomic E-state index is 5.19. The standard InChI is InChI=1S/C12H19N7O/c1-4-14-10-16-11(15-7-9(2)20-3)18-12(17-10)19-6-5-13-8-19/h5-6,8-9H,4,7H2,1-3H3,(H2,14,15,16,17,18). The first-order valence-electron chi connectivity index (χ1n) is 6.48. The van der Waals surface area contributed by atoms with E-state index in [9.17, 15) is 0 Å². The number of nitrogens with zero attached hydrogens (tertiary/aromatic N) is 5. The molecule has 0 aliphatic carbocycles. The average Bonchev–Trinajstić information content (AvgIpc) is 2.99. The van der Waals surface area contributed by atoms with Crippen molar-refractivity contribution in [3.8, 4) is 5.95 Å². The molecule has 20 heavy (non-hydrogen) atoms. The van der Waals surface area contributed by atoms with Gasteiger partial charge in [0.25, 0.3) is 0 Å². The molecule has 0 amide bonds. The molecule has 108 valence electrons. The van der Waals surface area contributed by atoms with Gasteiger partial charge in [0.1, 0.15) is 6.33 Å². The molecule has 8 heteroatoms. The first-order valence-corrected chi connectivity index (χ1v) is 6.48. The molecule has 8 nitrogen and oxygen atoms in total. The van der Waals surface area contributed by atoms with Crippen LogP contribution in [0.15, 0.2) is 18.7 Å². The Labute approximate surface area is 117 Å². The van der Waals surface area contributed by atoms with Crippen LogP contribution in [0.25, 0.3) is 5.95 Å². The summed E-state index contributed by atoms with van der Waals surface area (Å²) in [7, 11) is 1.67. The van der Waals surface area contributed by atoms with Gasteiger partial charge in [-0.15, -0.1) is 0 Å². The van der Waals surface area contributed by atoms with Crippen molar-refractivity contribution in [3.05, 3.63) is 18.7 Å². The lowest BCUT2D eigenvalue weighted by atomic mass is 10.4. The summed E-state index contributed by atoms with van der Waals surface area (Å²) in [6.45, 7) is 5.31. The van der Waals surface area contributed by atoms with Gasteiger partial charge in [0, 0.05) is 32.6 Å². The van der Waals surface area contributed by atoms with Gasteiger partial charge in [0.15, 0.2) is 0 Å². The van der Waals surface area contributed by atoms with Crippen LogP contribution in [0.2, 0.25) is 0 Å². The van der Waals surface area contributed by atoms with Crippen molar-refractivity contribution in [1.29, 1.82) is 0 Å². The lowest BCUT2D eigenvalue weighted by molar-refractivity contribution is 0.128. The molecule has 0 aliphatic rings. The van der Waals surface area contributed by atoms with Crippen molar-refractivity contribution in [2.75, 3.05) is 30.8 Å². The van der Waals surface area contributed by atoms with Crippen molar-refractivity contribution >= 4 is 11.9 Å². The van der Waals surface area contributed by atoms with Crippen LogP contribution >= 0.6 is 0 Å². The van der Waals surface area contributed by atoms with E-state index in [1.807, 2.05) is 13.8 Å².